The summed E-state index contributed by atoms with van der Waals surface area (Å²) in [6, 6.07) is 0. The van der Waals surface area contributed by atoms with Crippen LogP contribution in [0.4, 0.5) is 0 Å². The average molecular weight is 219 g/mol. The minimum atomic E-state index is 0.0145. The van der Waals surface area contributed by atoms with E-state index in [-0.39, 0.29) is 19.6 Å². The third-order valence-electron chi connectivity index (χ3n) is 1.87. The third-order valence-corrected chi connectivity index (χ3v) is 3.17. The molecule has 0 radical (unpaired) electrons. The third kappa shape index (κ3) is 2.08. The second-order valence-corrected chi connectivity index (χ2v) is 4.26. The molecule has 0 heterocycles. The Morgan fingerprint density at radius 3 is 2.64 bits per heavy atom. The van der Waals surface area contributed by atoms with Crippen molar-refractivity contribution in [3.63, 3.8) is 0 Å². The number of carbonyl (C=O) groups is 1. The van der Waals surface area contributed by atoms with Crippen LogP contribution >= 0.6 is 0 Å². The number of allylic oxidation sites excluding steroid dienone is 2. The first kappa shape index (κ1) is 8.82. The molecular formula is C8H12O2Se. The van der Waals surface area contributed by atoms with Gasteiger partial charge in [0.2, 0.25) is 0 Å². The first-order valence-corrected chi connectivity index (χ1v) is 6.32. The summed E-state index contributed by atoms with van der Waals surface area (Å²) in [5, 5.41) is 9.34. The Morgan fingerprint density at radius 2 is 2.09 bits per heavy atom. The van der Waals surface area contributed by atoms with Crippen LogP contribution in [0.25, 0.3) is 0 Å². The van der Waals surface area contributed by atoms with E-state index < -0.39 is 0 Å². The zero-order valence-electron chi connectivity index (χ0n) is 6.59. The molecule has 1 rings (SSSR count). The van der Waals surface area contributed by atoms with Gasteiger partial charge in [0.25, 0.3) is 0 Å². The summed E-state index contributed by atoms with van der Waals surface area (Å²) in [7, 11) is 0. The number of aliphatic hydroxyl groups is 1. The fraction of sp³-hybridized carbons (Fsp3) is 0.625. The summed E-state index contributed by atoms with van der Waals surface area (Å²) in [5.74, 6) is 2.24. The fourth-order valence-electron chi connectivity index (χ4n) is 1.23. The molecule has 0 bridgehead atoms. The second-order valence-electron chi connectivity index (χ2n) is 2.62. The quantitative estimate of drug-likeness (QED) is 0.717. The van der Waals surface area contributed by atoms with Crippen LogP contribution in [0.1, 0.15) is 25.7 Å². The maximum atomic E-state index is 11.2. The first-order valence-electron chi connectivity index (χ1n) is 3.75. The van der Waals surface area contributed by atoms with Crippen molar-refractivity contribution >= 4 is 19.6 Å². The Hall–Kier alpha value is -0.271. The summed E-state index contributed by atoms with van der Waals surface area (Å²) in [4.78, 5) is 11.2. The van der Waals surface area contributed by atoms with E-state index in [4.69, 9.17) is 0 Å². The predicted octanol–water partition coefficient (Wildman–Crippen LogP) is 1.65. The molecule has 0 spiro atoms. The van der Waals surface area contributed by atoms with Gasteiger partial charge in [-0.1, -0.05) is 0 Å². The van der Waals surface area contributed by atoms with Crippen LogP contribution in [-0.2, 0) is 4.79 Å². The van der Waals surface area contributed by atoms with Crippen molar-refractivity contribution in [3.05, 3.63) is 11.3 Å². The molecule has 0 aromatic carbocycles. The van der Waals surface area contributed by atoms with E-state index in [0.717, 1.165) is 19.3 Å². The molecule has 1 N–H and O–H groups in total. The van der Waals surface area contributed by atoms with E-state index in [0.29, 0.717) is 17.8 Å². The van der Waals surface area contributed by atoms with Crippen molar-refractivity contribution < 1.29 is 9.90 Å². The molecular weight excluding hydrogens is 207 g/mol. The molecule has 0 fully saturated rings. The van der Waals surface area contributed by atoms with Crippen molar-refractivity contribution in [1.29, 1.82) is 0 Å². The van der Waals surface area contributed by atoms with Gasteiger partial charge >= 0.3 is 72.4 Å². The van der Waals surface area contributed by atoms with Crippen LogP contribution < -0.4 is 0 Å². The molecule has 0 aromatic rings. The van der Waals surface area contributed by atoms with Crippen molar-refractivity contribution in [1.82, 2.24) is 0 Å². The number of carbonyl (C=O) groups excluding carboxylic acids is 1. The predicted molar refractivity (Wildman–Crippen MR) is 44.7 cm³/mol. The number of hydrogen-bond donors (Lipinski definition) is 1. The summed E-state index contributed by atoms with van der Waals surface area (Å²) in [6.07, 6.45) is 3.58. The van der Waals surface area contributed by atoms with Crippen LogP contribution in [0.15, 0.2) is 11.3 Å². The van der Waals surface area contributed by atoms with Crippen molar-refractivity contribution in [2.24, 2.45) is 0 Å². The zero-order valence-corrected chi connectivity index (χ0v) is 8.31. The molecule has 62 valence electrons. The molecule has 0 amide bonds. The molecule has 0 aliphatic heterocycles. The van der Waals surface area contributed by atoms with Crippen LogP contribution in [0.3, 0.4) is 0 Å². The Labute approximate surface area is 72.8 Å². The summed E-state index contributed by atoms with van der Waals surface area (Å²) < 4.78 is 0.176. The monoisotopic (exact) mass is 220 g/mol. The van der Waals surface area contributed by atoms with Crippen LogP contribution in [-0.4, -0.2) is 24.7 Å². The summed E-state index contributed by atoms with van der Waals surface area (Å²) in [5.41, 5.74) is 0.707. The molecule has 0 saturated carbocycles. The van der Waals surface area contributed by atoms with E-state index in [9.17, 15) is 9.90 Å². The zero-order chi connectivity index (χ0) is 8.27. The summed E-state index contributed by atoms with van der Waals surface area (Å²) >= 11 is 0.0145. The average Bonchev–Trinajstić information content (AvgIpc) is 2.04. The standard InChI is InChI=1S/C8H12O2Se/c1-11-8(10)6-4-2-3-5-7(6)9/h9H,2-5H2,1H3. The number of aliphatic hydroxyl groups excluding tert-OH is 1. The molecule has 0 unspecified atom stereocenters. The summed E-state index contributed by atoms with van der Waals surface area (Å²) in [6.45, 7) is 0. The van der Waals surface area contributed by atoms with Gasteiger partial charge in [-0.15, -0.1) is 0 Å². The maximum absolute atomic E-state index is 11.2. The van der Waals surface area contributed by atoms with E-state index in [1.807, 2.05) is 5.82 Å². The Balaban J connectivity index is 2.74. The SMILES string of the molecule is C[Se]C(=O)C1=C(O)CCCC1. The van der Waals surface area contributed by atoms with Gasteiger partial charge in [0.1, 0.15) is 0 Å². The van der Waals surface area contributed by atoms with E-state index in [2.05, 4.69) is 0 Å². The van der Waals surface area contributed by atoms with Gasteiger partial charge in [-0.2, -0.15) is 0 Å². The molecule has 1 aliphatic rings. The van der Waals surface area contributed by atoms with Crippen molar-refractivity contribution in [2.75, 3.05) is 0 Å². The van der Waals surface area contributed by atoms with E-state index in [1.54, 1.807) is 0 Å². The van der Waals surface area contributed by atoms with Gasteiger partial charge in [0.15, 0.2) is 0 Å². The van der Waals surface area contributed by atoms with Gasteiger partial charge in [-0.3, -0.25) is 0 Å². The Kier molecular flexibility index (Phi) is 3.15. The van der Waals surface area contributed by atoms with Gasteiger partial charge in [0.05, 0.1) is 0 Å². The first-order chi connectivity index (χ1) is 5.25. The van der Waals surface area contributed by atoms with Crippen molar-refractivity contribution in [2.45, 2.75) is 31.5 Å². The molecule has 11 heavy (non-hydrogen) atoms. The molecule has 2 nitrogen and oxygen atoms in total. The van der Waals surface area contributed by atoms with Crippen LogP contribution in [0.2, 0.25) is 5.82 Å². The van der Waals surface area contributed by atoms with Crippen LogP contribution in [0.5, 0.6) is 0 Å². The minimum absolute atomic E-state index is 0.0145. The normalized spacial score (nSPS) is 18.6. The molecule has 0 saturated heterocycles. The van der Waals surface area contributed by atoms with Crippen LogP contribution in [0, 0.1) is 0 Å². The van der Waals surface area contributed by atoms with Gasteiger partial charge < -0.3 is 0 Å². The molecule has 3 heteroatoms. The molecule has 1 aliphatic carbocycles. The topological polar surface area (TPSA) is 37.3 Å². The fourth-order valence-corrected chi connectivity index (χ4v) is 2.21. The van der Waals surface area contributed by atoms with Crippen molar-refractivity contribution in [3.8, 4) is 0 Å². The van der Waals surface area contributed by atoms with Gasteiger partial charge in [0, 0.05) is 0 Å². The Morgan fingerprint density at radius 1 is 1.45 bits per heavy atom. The van der Waals surface area contributed by atoms with Gasteiger partial charge in [-0.05, 0) is 0 Å². The van der Waals surface area contributed by atoms with E-state index >= 15 is 0 Å². The number of rotatable bonds is 2. The van der Waals surface area contributed by atoms with E-state index in [1.165, 1.54) is 0 Å². The molecule has 0 aromatic heterocycles. The van der Waals surface area contributed by atoms with Gasteiger partial charge in [-0.25, -0.2) is 0 Å². The molecule has 0 atom stereocenters. The number of hydrogen-bond acceptors (Lipinski definition) is 2. The second kappa shape index (κ2) is 3.93. The Bertz CT molecular complexity index is 196.